The molecule has 1 heterocycles. The first-order valence-corrected chi connectivity index (χ1v) is 6.49. The Bertz CT molecular complexity index is 603. The molecular formula is C16H16N2O. The van der Waals surface area contributed by atoms with Crippen molar-refractivity contribution in [2.75, 3.05) is 5.73 Å². The quantitative estimate of drug-likeness (QED) is 0.909. The number of pyridine rings is 1. The highest BCUT2D eigenvalue weighted by molar-refractivity contribution is 5.95. The molecule has 1 aromatic heterocycles. The highest BCUT2D eigenvalue weighted by atomic mass is 16.1. The van der Waals surface area contributed by atoms with Gasteiger partial charge in [-0.05, 0) is 24.5 Å². The summed E-state index contributed by atoms with van der Waals surface area (Å²) in [5, 5.41) is 0. The number of hydrogen-bond acceptors (Lipinski definition) is 3. The largest absolute Gasteiger partial charge is 0.398 e. The fourth-order valence-electron chi connectivity index (χ4n) is 2.54. The zero-order valence-corrected chi connectivity index (χ0v) is 10.7. The van der Waals surface area contributed by atoms with Gasteiger partial charge in [-0.3, -0.25) is 9.78 Å². The summed E-state index contributed by atoms with van der Waals surface area (Å²) in [5.41, 5.74) is 8.21. The summed E-state index contributed by atoms with van der Waals surface area (Å²) in [6.07, 6.45) is 5.59. The maximum absolute atomic E-state index is 12.6. The number of anilines is 1. The van der Waals surface area contributed by atoms with E-state index in [0.29, 0.717) is 12.1 Å². The lowest BCUT2D eigenvalue weighted by Crippen LogP contribution is -2.22. The lowest BCUT2D eigenvalue weighted by Gasteiger charge is -2.15. The van der Waals surface area contributed by atoms with Gasteiger partial charge in [-0.25, -0.2) is 0 Å². The third kappa shape index (κ3) is 2.12. The number of hydrogen-bond donors (Lipinski definition) is 1. The molecule has 19 heavy (non-hydrogen) atoms. The van der Waals surface area contributed by atoms with Gasteiger partial charge in [-0.1, -0.05) is 30.3 Å². The summed E-state index contributed by atoms with van der Waals surface area (Å²) in [7, 11) is 0. The van der Waals surface area contributed by atoms with Crippen molar-refractivity contribution >= 4 is 11.5 Å². The molecule has 3 heteroatoms. The van der Waals surface area contributed by atoms with Gasteiger partial charge in [-0.15, -0.1) is 0 Å². The maximum atomic E-state index is 12.6. The number of aromatic nitrogens is 1. The number of ketones is 1. The van der Waals surface area contributed by atoms with E-state index in [2.05, 4.69) is 4.98 Å². The molecule has 0 aliphatic heterocycles. The molecular weight excluding hydrogens is 236 g/mol. The van der Waals surface area contributed by atoms with Crippen LogP contribution in [0, 0.1) is 0 Å². The molecule has 1 saturated carbocycles. The fraction of sp³-hybridized carbons (Fsp3) is 0.250. The number of Topliss-reactive ketones (excluding diaryl/α,β-unsaturated/α-hetero) is 1. The first kappa shape index (κ1) is 11.9. The topological polar surface area (TPSA) is 56.0 Å². The number of benzene rings is 1. The minimum Gasteiger partial charge on any atom is -0.398 e. The summed E-state index contributed by atoms with van der Waals surface area (Å²) in [6.45, 7) is 0. The van der Waals surface area contributed by atoms with Gasteiger partial charge in [0.15, 0.2) is 0 Å². The third-order valence-electron chi connectivity index (χ3n) is 3.90. The van der Waals surface area contributed by atoms with Gasteiger partial charge in [0, 0.05) is 30.1 Å². The van der Waals surface area contributed by atoms with E-state index in [1.165, 1.54) is 0 Å². The van der Waals surface area contributed by atoms with E-state index < -0.39 is 0 Å². The van der Waals surface area contributed by atoms with Crippen molar-refractivity contribution in [3.05, 3.63) is 59.9 Å². The molecule has 3 nitrogen and oxygen atoms in total. The monoisotopic (exact) mass is 252 g/mol. The van der Waals surface area contributed by atoms with Crippen LogP contribution in [0.1, 0.15) is 24.0 Å². The lowest BCUT2D eigenvalue weighted by molar-refractivity contribution is -0.120. The van der Waals surface area contributed by atoms with Crippen molar-refractivity contribution in [2.45, 2.75) is 24.7 Å². The summed E-state index contributed by atoms with van der Waals surface area (Å²) in [5.74, 6) is 0.249. The normalized spacial score (nSPS) is 16.0. The number of carbonyl (C=O) groups is 1. The second-order valence-electron chi connectivity index (χ2n) is 5.12. The Hall–Kier alpha value is -2.16. The van der Waals surface area contributed by atoms with E-state index >= 15 is 0 Å². The molecule has 1 aliphatic rings. The molecule has 96 valence electrons. The van der Waals surface area contributed by atoms with Crippen molar-refractivity contribution in [3.63, 3.8) is 0 Å². The van der Waals surface area contributed by atoms with E-state index in [0.717, 1.165) is 24.0 Å². The number of nitrogens with zero attached hydrogens (tertiary/aromatic N) is 1. The highest BCUT2D eigenvalue weighted by Gasteiger charge is 2.50. The Morgan fingerprint density at radius 2 is 1.95 bits per heavy atom. The first-order valence-electron chi connectivity index (χ1n) is 6.49. The zero-order chi connectivity index (χ0) is 13.3. The van der Waals surface area contributed by atoms with Gasteiger partial charge in [0.1, 0.15) is 5.78 Å². The molecule has 0 unspecified atom stereocenters. The number of rotatable bonds is 4. The van der Waals surface area contributed by atoms with Crippen LogP contribution in [0.2, 0.25) is 0 Å². The van der Waals surface area contributed by atoms with E-state index in [1.807, 2.05) is 30.3 Å². The van der Waals surface area contributed by atoms with Gasteiger partial charge in [0.25, 0.3) is 0 Å². The van der Waals surface area contributed by atoms with Crippen LogP contribution in [0.4, 0.5) is 5.69 Å². The van der Waals surface area contributed by atoms with Crippen molar-refractivity contribution in [3.8, 4) is 0 Å². The molecule has 0 bridgehead atoms. The molecule has 1 aliphatic carbocycles. The second-order valence-corrected chi connectivity index (χ2v) is 5.12. The Balaban J connectivity index is 1.84. The van der Waals surface area contributed by atoms with Crippen LogP contribution >= 0.6 is 0 Å². The van der Waals surface area contributed by atoms with Crippen LogP contribution in [0.3, 0.4) is 0 Å². The molecule has 0 atom stereocenters. The van der Waals surface area contributed by atoms with Crippen molar-refractivity contribution in [1.29, 1.82) is 0 Å². The highest BCUT2D eigenvalue weighted by Crippen LogP contribution is 2.49. The van der Waals surface area contributed by atoms with Crippen molar-refractivity contribution < 1.29 is 4.79 Å². The molecule has 1 fully saturated rings. The van der Waals surface area contributed by atoms with Crippen LogP contribution in [0.15, 0.2) is 48.8 Å². The van der Waals surface area contributed by atoms with Crippen LogP contribution < -0.4 is 5.73 Å². The fourth-order valence-corrected chi connectivity index (χ4v) is 2.54. The van der Waals surface area contributed by atoms with Crippen LogP contribution in [-0.2, 0) is 16.6 Å². The second kappa shape index (κ2) is 4.50. The third-order valence-corrected chi connectivity index (χ3v) is 3.90. The van der Waals surface area contributed by atoms with Crippen molar-refractivity contribution in [1.82, 2.24) is 4.98 Å². The van der Waals surface area contributed by atoms with E-state index in [-0.39, 0.29) is 11.2 Å². The predicted octanol–water partition coefficient (Wildman–Crippen LogP) is 2.51. The van der Waals surface area contributed by atoms with Gasteiger partial charge >= 0.3 is 0 Å². The Kier molecular flexibility index (Phi) is 2.82. The summed E-state index contributed by atoms with van der Waals surface area (Å²) in [4.78, 5) is 16.6. The van der Waals surface area contributed by atoms with E-state index in [4.69, 9.17) is 5.73 Å². The van der Waals surface area contributed by atoms with E-state index in [1.54, 1.807) is 18.5 Å². The van der Waals surface area contributed by atoms with Crippen molar-refractivity contribution in [2.24, 2.45) is 0 Å². The average molecular weight is 252 g/mol. The first-order chi connectivity index (χ1) is 9.22. The summed E-state index contributed by atoms with van der Waals surface area (Å²) < 4.78 is 0. The molecule has 3 rings (SSSR count). The Morgan fingerprint density at radius 3 is 2.58 bits per heavy atom. The average Bonchev–Trinajstić information content (AvgIpc) is 3.24. The zero-order valence-electron chi connectivity index (χ0n) is 10.7. The molecule has 0 amide bonds. The number of carbonyl (C=O) groups excluding carboxylic acids is 1. The molecule has 0 saturated heterocycles. The van der Waals surface area contributed by atoms with Gasteiger partial charge in [-0.2, -0.15) is 0 Å². The molecule has 0 spiro atoms. The molecule has 2 N–H and O–H groups in total. The molecule has 0 radical (unpaired) electrons. The smallest absolute Gasteiger partial charge is 0.147 e. The Labute approximate surface area is 112 Å². The van der Waals surface area contributed by atoms with Crippen LogP contribution in [0.25, 0.3) is 0 Å². The lowest BCUT2D eigenvalue weighted by atomic mass is 9.88. The predicted molar refractivity (Wildman–Crippen MR) is 74.7 cm³/mol. The van der Waals surface area contributed by atoms with E-state index in [9.17, 15) is 4.79 Å². The minimum absolute atomic E-state index is 0.249. The number of nitrogen functional groups attached to an aromatic ring is 1. The molecule has 2 aromatic rings. The van der Waals surface area contributed by atoms with Crippen LogP contribution in [0.5, 0.6) is 0 Å². The Morgan fingerprint density at radius 1 is 1.21 bits per heavy atom. The van der Waals surface area contributed by atoms with Crippen LogP contribution in [-0.4, -0.2) is 10.8 Å². The summed E-state index contributed by atoms with van der Waals surface area (Å²) >= 11 is 0. The van der Waals surface area contributed by atoms with Gasteiger partial charge in [0.05, 0.1) is 5.41 Å². The SMILES string of the molecule is Nc1ccncc1CC(=O)C1(c2ccccc2)CC1. The summed E-state index contributed by atoms with van der Waals surface area (Å²) in [6, 6.07) is 11.8. The maximum Gasteiger partial charge on any atom is 0.147 e. The molecule has 1 aromatic carbocycles. The van der Waals surface area contributed by atoms with Gasteiger partial charge < -0.3 is 5.73 Å². The minimum atomic E-state index is -0.274. The standard InChI is InChI=1S/C16H16N2O/c17-14-6-9-18-11-12(14)10-15(19)16(7-8-16)13-4-2-1-3-5-13/h1-6,9,11H,7-8,10H2,(H2,17,18). The number of nitrogens with two attached hydrogens (primary N) is 1. The van der Waals surface area contributed by atoms with Gasteiger partial charge in [0.2, 0.25) is 0 Å².